The molecule has 6 nitrogen and oxygen atoms in total. The Morgan fingerprint density at radius 1 is 1.43 bits per heavy atom. The maximum atomic E-state index is 13.3. The van der Waals surface area contributed by atoms with Crippen LogP contribution in [0.25, 0.3) is 0 Å². The van der Waals surface area contributed by atoms with Gasteiger partial charge in [0.2, 0.25) is 0 Å². The lowest BCUT2D eigenvalue weighted by molar-refractivity contribution is -0.137. The molecule has 116 valence electrons. The summed E-state index contributed by atoms with van der Waals surface area (Å²) in [6.45, 7) is 3.68. The van der Waals surface area contributed by atoms with Crippen LogP contribution in [-0.4, -0.2) is 41.7 Å². The minimum absolute atomic E-state index is 0.0524. The van der Waals surface area contributed by atoms with Crippen molar-refractivity contribution in [1.29, 1.82) is 0 Å². The van der Waals surface area contributed by atoms with Crippen molar-refractivity contribution < 1.29 is 23.8 Å². The van der Waals surface area contributed by atoms with Crippen LogP contribution in [0.1, 0.15) is 20.3 Å². The van der Waals surface area contributed by atoms with Crippen LogP contribution in [0.3, 0.4) is 0 Å². The third-order valence-electron chi connectivity index (χ3n) is 2.55. The summed E-state index contributed by atoms with van der Waals surface area (Å²) in [5.74, 6) is -1.15. The molecule has 0 unspecified atom stereocenters. The number of carbonyl (C=O) groups is 2. The van der Waals surface area contributed by atoms with Crippen molar-refractivity contribution in [2.45, 2.75) is 26.4 Å². The summed E-state index contributed by atoms with van der Waals surface area (Å²) in [7, 11) is 1.46. The average Bonchev–Trinajstić information content (AvgIpc) is 2.38. The lowest BCUT2D eigenvalue weighted by Crippen LogP contribution is -2.33. The van der Waals surface area contributed by atoms with E-state index in [4.69, 9.17) is 9.84 Å². The van der Waals surface area contributed by atoms with Crippen LogP contribution in [0, 0.1) is 5.82 Å². The van der Waals surface area contributed by atoms with E-state index in [1.807, 2.05) is 13.8 Å². The van der Waals surface area contributed by atoms with Gasteiger partial charge in [-0.2, -0.15) is 0 Å². The minimum atomic E-state index is -0.996. The fraction of sp³-hybridized carbons (Fsp3) is 0.429. The number of hydrogen-bond donors (Lipinski definition) is 2. The molecule has 1 rings (SSSR count). The van der Waals surface area contributed by atoms with Crippen LogP contribution in [0.2, 0.25) is 0 Å². The molecule has 21 heavy (non-hydrogen) atoms. The lowest BCUT2D eigenvalue weighted by atomic mass is 10.2. The highest BCUT2D eigenvalue weighted by atomic mass is 19.1. The number of amides is 2. The Bertz CT molecular complexity index is 520. The predicted molar refractivity (Wildman–Crippen MR) is 76.1 cm³/mol. The van der Waals surface area contributed by atoms with Gasteiger partial charge in [-0.1, -0.05) is 0 Å². The van der Waals surface area contributed by atoms with Gasteiger partial charge in [-0.25, -0.2) is 9.18 Å². The number of carboxylic acid groups (broad SMARTS) is 1. The molecule has 0 bridgehead atoms. The summed E-state index contributed by atoms with van der Waals surface area (Å²) in [6, 6.07) is 3.29. The number of rotatable bonds is 6. The number of nitrogens with zero attached hydrogens (tertiary/aromatic N) is 1. The molecule has 7 heteroatoms. The zero-order chi connectivity index (χ0) is 16.0. The number of hydrogen-bond acceptors (Lipinski definition) is 3. The maximum Gasteiger partial charge on any atom is 0.321 e. The first-order valence-corrected chi connectivity index (χ1v) is 6.49. The molecule has 0 radical (unpaired) electrons. The van der Waals surface area contributed by atoms with E-state index < -0.39 is 17.8 Å². The van der Waals surface area contributed by atoms with E-state index in [1.54, 1.807) is 0 Å². The van der Waals surface area contributed by atoms with E-state index in [-0.39, 0.29) is 24.8 Å². The van der Waals surface area contributed by atoms with Crippen LogP contribution in [0.5, 0.6) is 5.75 Å². The van der Waals surface area contributed by atoms with E-state index in [0.717, 1.165) is 6.07 Å². The molecule has 0 spiro atoms. The Hall–Kier alpha value is -2.31. The number of halogens is 1. The highest BCUT2D eigenvalue weighted by Crippen LogP contribution is 2.26. The van der Waals surface area contributed by atoms with Gasteiger partial charge in [0.15, 0.2) is 0 Å². The Balaban J connectivity index is 2.78. The van der Waals surface area contributed by atoms with Gasteiger partial charge in [0.05, 0.1) is 18.2 Å². The minimum Gasteiger partial charge on any atom is -0.489 e. The summed E-state index contributed by atoms with van der Waals surface area (Å²) in [4.78, 5) is 23.6. The van der Waals surface area contributed by atoms with Gasteiger partial charge < -0.3 is 20.1 Å². The Morgan fingerprint density at radius 3 is 2.67 bits per heavy atom. The standard InChI is InChI=1S/C14H19FN2O4/c1-9(2)21-12-5-4-10(15)8-11(12)16-14(20)17(3)7-6-13(18)19/h4-5,8-9H,6-7H2,1-3H3,(H,16,20)(H,18,19). The Kier molecular flexibility index (Phi) is 5.95. The molecule has 2 amide bonds. The molecule has 1 aromatic carbocycles. The van der Waals surface area contributed by atoms with Crippen molar-refractivity contribution in [3.05, 3.63) is 24.0 Å². The molecule has 0 fully saturated rings. The highest BCUT2D eigenvalue weighted by molar-refractivity contribution is 5.91. The highest BCUT2D eigenvalue weighted by Gasteiger charge is 2.14. The monoisotopic (exact) mass is 298 g/mol. The summed E-state index contributed by atoms with van der Waals surface area (Å²) in [5.41, 5.74) is 0.205. The van der Waals surface area contributed by atoms with Gasteiger partial charge >= 0.3 is 12.0 Å². The summed E-state index contributed by atoms with van der Waals surface area (Å²) >= 11 is 0. The molecule has 0 atom stereocenters. The van der Waals surface area contributed by atoms with E-state index >= 15 is 0 Å². The second kappa shape index (κ2) is 7.47. The number of nitrogens with one attached hydrogen (secondary N) is 1. The first-order valence-electron chi connectivity index (χ1n) is 6.49. The fourth-order valence-electron chi connectivity index (χ4n) is 1.53. The van der Waals surface area contributed by atoms with Crippen molar-refractivity contribution in [2.24, 2.45) is 0 Å². The second-order valence-electron chi connectivity index (χ2n) is 4.80. The van der Waals surface area contributed by atoms with Gasteiger partial charge in [-0.05, 0) is 26.0 Å². The van der Waals surface area contributed by atoms with Gasteiger partial charge in [-0.3, -0.25) is 4.79 Å². The number of urea groups is 1. The topological polar surface area (TPSA) is 78.9 Å². The van der Waals surface area contributed by atoms with E-state index in [0.29, 0.717) is 5.75 Å². The third-order valence-corrected chi connectivity index (χ3v) is 2.55. The van der Waals surface area contributed by atoms with Crippen molar-refractivity contribution in [3.8, 4) is 5.75 Å². The van der Waals surface area contributed by atoms with Gasteiger partial charge in [0.25, 0.3) is 0 Å². The van der Waals surface area contributed by atoms with Crippen molar-refractivity contribution in [1.82, 2.24) is 4.90 Å². The smallest absolute Gasteiger partial charge is 0.321 e. The molecule has 1 aromatic rings. The summed E-state index contributed by atoms with van der Waals surface area (Å²) in [5, 5.41) is 11.1. The zero-order valence-corrected chi connectivity index (χ0v) is 12.2. The van der Waals surface area contributed by atoms with Crippen LogP contribution in [0.4, 0.5) is 14.9 Å². The fourth-order valence-corrected chi connectivity index (χ4v) is 1.53. The van der Waals surface area contributed by atoms with E-state index in [2.05, 4.69) is 5.32 Å². The van der Waals surface area contributed by atoms with E-state index in [1.165, 1.54) is 24.1 Å². The molecule has 0 heterocycles. The number of ether oxygens (including phenoxy) is 1. The summed E-state index contributed by atoms with van der Waals surface area (Å²) in [6.07, 6.45) is -0.293. The second-order valence-corrected chi connectivity index (χ2v) is 4.80. The number of aliphatic carboxylic acids is 1. The first-order chi connectivity index (χ1) is 9.79. The number of benzene rings is 1. The first kappa shape index (κ1) is 16.7. The number of anilines is 1. The molecular formula is C14H19FN2O4. The normalized spacial score (nSPS) is 10.3. The molecule has 0 aromatic heterocycles. The van der Waals surface area contributed by atoms with Gasteiger partial charge in [0.1, 0.15) is 11.6 Å². The molecule has 0 saturated heterocycles. The Morgan fingerprint density at radius 2 is 2.10 bits per heavy atom. The molecule has 2 N–H and O–H groups in total. The third kappa shape index (κ3) is 5.68. The lowest BCUT2D eigenvalue weighted by Gasteiger charge is -2.19. The van der Waals surface area contributed by atoms with Crippen LogP contribution in [-0.2, 0) is 4.79 Å². The average molecular weight is 298 g/mol. The summed E-state index contributed by atoms with van der Waals surface area (Å²) < 4.78 is 18.8. The van der Waals surface area contributed by atoms with Crippen LogP contribution < -0.4 is 10.1 Å². The number of carbonyl (C=O) groups excluding carboxylic acids is 1. The predicted octanol–water partition coefficient (Wildman–Crippen LogP) is 2.55. The molecule has 0 aliphatic rings. The quantitative estimate of drug-likeness (QED) is 0.846. The van der Waals surface area contributed by atoms with Gasteiger partial charge in [-0.15, -0.1) is 0 Å². The van der Waals surface area contributed by atoms with Gasteiger partial charge in [0, 0.05) is 19.7 Å². The number of carboxylic acids is 1. The molecular weight excluding hydrogens is 279 g/mol. The molecule has 0 aliphatic carbocycles. The maximum absolute atomic E-state index is 13.3. The van der Waals surface area contributed by atoms with E-state index in [9.17, 15) is 14.0 Å². The van der Waals surface area contributed by atoms with Crippen molar-refractivity contribution >= 4 is 17.7 Å². The van der Waals surface area contributed by atoms with Crippen LogP contribution in [0.15, 0.2) is 18.2 Å². The van der Waals surface area contributed by atoms with Crippen molar-refractivity contribution in [2.75, 3.05) is 18.9 Å². The molecule has 0 saturated carbocycles. The molecule has 0 aliphatic heterocycles. The Labute approximate surface area is 122 Å². The van der Waals surface area contributed by atoms with Crippen LogP contribution >= 0.6 is 0 Å². The largest absolute Gasteiger partial charge is 0.489 e. The van der Waals surface area contributed by atoms with Crippen molar-refractivity contribution in [3.63, 3.8) is 0 Å². The SMILES string of the molecule is CC(C)Oc1ccc(F)cc1NC(=O)N(C)CCC(=O)O. The zero-order valence-electron chi connectivity index (χ0n) is 12.2.